The highest BCUT2D eigenvalue weighted by molar-refractivity contribution is 7.09. The highest BCUT2D eigenvalue weighted by Crippen LogP contribution is 2.28. The lowest BCUT2D eigenvalue weighted by molar-refractivity contribution is 0.209. The van der Waals surface area contributed by atoms with Gasteiger partial charge in [-0.1, -0.05) is 24.6 Å². The second kappa shape index (κ2) is 8.06. The standard InChI is InChI=1S/C16H19ClN2O2S/c1-3-8-19(11-13-5-4-9-22-13)16(20)18-14-10-12(17)6-7-15(14)21-2/h4-7,9-10H,3,8,11H2,1-2H3,(H,18,20). The topological polar surface area (TPSA) is 41.6 Å². The predicted molar refractivity (Wildman–Crippen MR) is 92.0 cm³/mol. The molecule has 1 aromatic heterocycles. The number of urea groups is 1. The fourth-order valence-electron chi connectivity index (χ4n) is 2.09. The van der Waals surface area contributed by atoms with Gasteiger partial charge in [0.25, 0.3) is 0 Å². The Morgan fingerprint density at radius 3 is 2.86 bits per heavy atom. The number of hydrogen-bond acceptors (Lipinski definition) is 3. The van der Waals surface area contributed by atoms with Gasteiger partial charge in [-0.3, -0.25) is 0 Å². The summed E-state index contributed by atoms with van der Waals surface area (Å²) in [5, 5.41) is 5.45. The third-order valence-electron chi connectivity index (χ3n) is 3.11. The molecule has 0 atom stereocenters. The van der Waals surface area contributed by atoms with E-state index in [2.05, 4.69) is 12.2 Å². The summed E-state index contributed by atoms with van der Waals surface area (Å²) in [6, 6.07) is 9.01. The second-order valence-corrected chi connectivity index (χ2v) is 6.24. The molecule has 0 aliphatic carbocycles. The molecule has 0 spiro atoms. The van der Waals surface area contributed by atoms with E-state index in [0.29, 0.717) is 29.5 Å². The lowest BCUT2D eigenvalue weighted by Crippen LogP contribution is -2.35. The molecule has 0 bridgehead atoms. The average Bonchev–Trinajstić information content (AvgIpc) is 3.00. The Bertz CT molecular complexity index is 617. The van der Waals surface area contributed by atoms with Crippen molar-refractivity contribution in [2.24, 2.45) is 0 Å². The summed E-state index contributed by atoms with van der Waals surface area (Å²) in [5.41, 5.74) is 0.576. The quantitative estimate of drug-likeness (QED) is 0.817. The van der Waals surface area contributed by atoms with E-state index in [-0.39, 0.29) is 6.03 Å². The molecular formula is C16H19ClN2O2S. The fraction of sp³-hybridized carbons (Fsp3) is 0.312. The van der Waals surface area contributed by atoms with Crippen LogP contribution in [0.3, 0.4) is 0 Å². The Morgan fingerprint density at radius 1 is 1.41 bits per heavy atom. The Hall–Kier alpha value is -1.72. The van der Waals surface area contributed by atoms with Gasteiger partial charge in [0.1, 0.15) is 5.75 Å². The van der Waals surface area contributed by atoms with Crippen molar-refractivity contribution in [1.29, 1.82) is 0 Å². The van der Waals surface area contributed by atoms with Gasteiger partial charge >= 0.3 is 6.03 Å². The van der Waals surface area contributed by atoms with E-state index in [1.165, 1.54) is 0 Å². The van der Waals surface area contributed by atoms with Crippen LogP contribution in [-0.2, 0) is 6.54 Å². The van der Waals surface area contributed by atoms with Crippen molar-refractivity contribution in [2.75, 3.05) is 19.0 Å². The molecule has 1 N–H and O–H groups in total. The molecule has 0 unspecified atom stereocenters. The maximum atomic E-state index is 12.5. The van der Waals surface area contributed by atoms with Crippen molar-refractivity contribution >= 4 is 34.7 Å². The second-order valence-electron chi connectivity index (χ2n) is 4.78. The molecule has 0 radical (unpaired) electrons. The van der Waals surface area contributed by atoms with Gasteiger partial charge in [0, 0.05) is 16.4 Å². The highest BCUT2D eigenvalue weighted by atomic mass is 35.5. The largest absolute Gasteiger partial charge is 0.495 e. The number of carbonyl (C=O) groups is 1. The number of hydrogen-bond donors (Lipinski definition) is 1. The third kappa shape index (κ3) is 4.39. The van der Waals surface area contributed by atoms with Crippen LogP contribution in [0.2, 0.25) is 5.02 Å². The van der Waals surface area contributed by atoms with E-state index in [1.54, 1.807) is 41.5 Å². The van der Waals surface area contributed by atoms with Crippen LogP contribution in [0.5, 0.6) is 5.75 Å². The van der Waals surface area contributed by atoms with Gasteiger partial charge in [0.2, 0.25) is 0 Å². The fourth-order valence-corrected chi connectivity index (χ4v) is 2.98. The summed E-state index contributed by atoms with van der Waals surface area (Å²) in [6.45, 7) is 3.33. The van der Waals surface area contributed by atoms with E-state index < -0.39 is 0 Å². The lowest BCUT2D eigenvalue weighted by atomic mass is 10.3. The van der Waals surface area contributed by atoms with E-state index in [4.69, 9.17) is 16.3 Å². The van der Waals surface area contributed by atoms with Crippen LogP contribution < -0.4 is 10.1 Å². The van der Waals surface area contributed by atoms with Gasteiger partial charge < -0.3 is 15.0 Å². The summed E-state index contributed by atoms with van der Waals surface area (Å²) in [4.78, 5) is 15.5. The first kappa shape index (κ1) is 16.6. The molecule has 118 valence electrons. The summed E-state index contributed by atoms with van der Waals surface area (Å²) in [6.07, 6.45) is 0.894. The van der Waals surface area contributed by atoms with Crippen LogP contribution in [0.25, 0.3) is 0 Å². The number of thiophene rings is 1. The van der Waals surface area contributed by atoms with Crippen LogP contribution in [-0.4, -0.2) is 24.6 Å². The van der Waals surface area contributed by atoms with Gasteiger partial charge in [-0.05, 0) is 36.1 Å². The van der Waals surface area contributed by atoms with E-state index >= 15 is 0 Å². The Balaban J connectivity index is 2.12. The first-order valence-corrected chi connectivity index (χ1v) is 8.31. The van der Waals surface area contributed by atoms with E-state index in [1.807, 2.05) is 17.5 Å². The van der Waals surface area contributed by atoms with Crippen LogP contribution in [0.1, 0.15) is 18.2 Å². The number of methoxy groups -OCH3 is 1. The molecule has 0 aliphatic heterocycles. The number of nitrogens with zero attached hydrogens (tertiary/aromatic N) is 1. The van der Waals surface area contributed by atoms with Crippen LogP contribution in [0.15, 0.2) is 35.7 Å². The smallest absolute Gasteiger partial charge is 0.322 e. The van der Waals surface area contributed by atoms with Gasteiger partial charge in [0.15, 0.2) is 0 Å². The molecule has 2 aromatic rings. The summed E-state index contributed by atoms with van der Waals surface area (Å²) in [7, 11) is 1.56. The summed E-state index contributed by atoms with van der Waals surface area (Å²) < 4.78 is 5.26. The van der Waals surface area contributed by atoms with E-state index in [0.717, 1.165) is 11.3 Å². The number of rotatable bonds is 6. The number of ether oxygens (including phenoxy) is 1. The Morgan fingerprint density at radius 2 is 2.23 bits per heavy atom. The minimum absolute atomic E-state index is 0.157. The monoisotopic (exact) mass is 338 g/mol. The maximum Gasteiger partial charge on any atom is 0.322 e. The Kier molecular flexibility index (Phi) is 6.10. The minimum Gasteiger partial charge on any atom is -0.495 e. The SMILES string of the molecule is CCCN(Cc1cccs1)C(=O)Nc1cc(Cl)ccc1OC. The lowest BCUT2D eigenvalue weighted by Gasteiger charge is -2.22. The van der Waals surface area contributed by atoms with Crippen molar-refractivity contribution in [1.82, 2.24) is 4.90 Å². The highest BCUT2D eigenvalue weighted by Gasteiger charge is 2.16. The van der Waals surface area contributed by atoms with Crippen molar-refractivity contribution < 1.29 is 9.53 Å². The van der Waals surface area contributed by atoms with Crippen molar-refractivity contribution in [3.8, 4) is 5.75 Å². The molecular weight excluding hydrogens is 320 g/mol. The molecule has 1 heterocycles. The van der Waals surface area contributed by atoms with E-state index in [9.17, 15) is 4.79 Å². The molecule has 2 rings (SSSR count). The average molecular weight is 339 g/mol. The third-order valence-corrected chi connectivity index (χ3v) is 4.21. The molecule has 2 amide bonds. The zero-order chi connectivity index (χ0) is 15.9. The van der Waals surface area contributed by atoms with Crippen LogP contribution >= 0.6 is 22.9 Å². The molecule has 4 nitrogen and oxygen atoms in total. The minimum atomic E-state index is -0.157. The predicted octanol–water partition coefficient (Wildman–Crippen LogP) is 4.85. The zero-order valence-electron chi connectivity index (χ0n) is 12.6. The molecule has 0 fully saturated rings. The van der Waals surface area contributed by atoms with Crippen LogP contribution in [0, 0.1) is 0 Å². The normalized spacial score (nSPS) is 10.3. The van der Waals surface area contributed by atoms with Crippen molar-refractivity contribution in [3.05, 3.63) is 45.6 Å². The number of halogens is 1. The number of anilines is 1. The van der Waals surface area contributed by atoms with Crippen molar-refractivity contribution in [2.45, 2.75) is 19.9 Å². The maximum absolute atomic E-state index is 12.5. The zero-order valence-corrected chi connectivity index (χ0v) is 14.2. The Labute approximate surface area is 139 Å². The van der Waals surface area contributed by atoms with Gasteiger partial charge in [-0.15, -0.1) is 11.3 Å². The summed E-state index contributed by atoms with van der Waals surface area (Å²) in [5.74, 6) is 0.588. The van der Waals surface area contributed by atoms with Crippen LogP contribution in [0.4, 0.5) is 10.5 Å². The first-order chi connectivity index (χ1) is 10.6. The summed E-state index contributed by atoms with van der Waals surface area (Å²) >= 11 is 7.64. The van der Waals surface area contributed by atoms with Gasteiger partial charge in [-0.25, -0.2) is 4.79 Å². The van der Waals surface area contributed by atoms with Crippen molar-refractivity contribution in [3.63, 3.8) is 0 Å². The number of nitrogens with one attached hydrogen (secondary N) is 1. The first-order valence-electron chi connectivity index (χ1n) is 7.06. The molecule has 1 aromatic carbocycles. The molecule has 0 aliphatic rings. The van der Waals surface area contributed by atoms with Gasteiger partial charge in [-0.2, -0.15) is 0 Å². The molecule has 0 saturated heterocycles. The molecule has 0 saturated carbocycles. The molecule has 6 heteroatoms. The number of carbonyl (C=O) groups excluding carboxylic acids is 1. The number of benzene rings is 1. The molecule has 22 heavy (non-hydrogen) atoms. The van der Waals surface area contributed by atoms with Gasteiger partial charge in [0.05, 0.1) is 19.3 Å². The number of amides is 2.